The van der Waals surface area contributed by atoms with E-state index in [0.29, 0.717) is 29.0 Å². The Bertz CT molecular complexity index is 1060. The van der Waals surface area contributed by atoms with Gasteiger partial charge in [0.1, 0.15) is 31.0 Å². The highest BCUT2D eigenvalue weighted by molar-refractivity contribution is 7.78. The predicted octanol–water partition coefficient (Wildman–Crippen LogP) is 5.76. The maximum absolute atomic E-state index is 15.4. The number of rotatable bonds is 9. The quantitative estimate of drug-likeness (QED) is 0.394. The average molecular weight is 444 g/mol. The second kappa shape index (κ2) is 10.3. The molecule has 0 N–H and O–H groups in total. The third kappa shape index (κ3) is 4.79. The summed E-state index contributed by atoms with van der Waals surface area (Å²) in [5, 5.41) is 0.742. The Labute approximate surface area is 182 Å². The molecular weight excluding hydrogens is 417 g/mol. The summed E-state index contributed by atoms with van der Waals surface area (Å²) in [5.74, 6) is -0.955. The first-order chi connectivity index (χ1) is 15.0. The molecule has 0 fully saturated rings. The molecule has 0 spiro atoms. The lowest BCUT2D eigenvalue weighted by Crippen LogP contribution is -2.29. The molecular formula is C25H27F2O3P. The fourth-order valence-corrected chi connectivity index (χ4v) is 7.09. The zero-order valence-corrected chi connectivity index (χ0v) is 18.8. The van der Waals surface area contributed by atoms with E-state index in [-0.39, 0.29) is 5.30 Å². The molecule has 3 rings (SSSR count). The molecule has 3 aromatic carbocycles. The molecule has 0 aliphatic carbocycles. The first-order valence-electron chi connectivity index (χ1n) is 10.2. The van der Waals surface area contributed by atoms with Crippen LogP contribution in [-0.2, 0) is 14.0 Å². The zero-order valence-electron chi connectivity index (χ0n) is 17.9. The smallest absolute Gasteiger partial charge is 0.146 e. The minimum absolute atomic E-state index is 0.147. The standard InChI is InChI=1S/C25H27F2O3P/c1-4-16-31(28,20-12-6-5-7-13-20)25-21(14-9-15-22(25)27)24(30-3)23(29-2)18-10-8-11-19(26)17-18/h5-15,17,23-24H,4,16H2,1-3H3/t23-,24-,31+/m1/s1. The van der Waals surface area contributed by atoms with Gasteiger partial charge in [0.25, 0.3) is 0 Å². The van der Waals surface area contributed by atoms with Crippen LogP contribution in [0.15, 0.2) is 72.8 Å². The van der Waals surface area contributed by atoms with Gasteiger partial charge in [-0.05, 0) is 35.7 Å². The Morgan fingerprint density at radius 3 is 2.16 bits per heavy atom. The van der Waals surface area contributed by atoms with Gasteiger partial charge in [0, 0.05) is 25.7 Å². The van der Waals surface area contributed by atoms with Crippen LogP contribution in [0.2, 0.25) is 0 Å². The summed E-state index contributed by atoms with van der Waals surface area (Å²) in [5.41, 5.74) is 0.994. The van der Waals surface area contributed by atoms with Crippen LogP contribution < -0.4 is 10.6 Å². The second-order valence-corrected chi connectivity index (χ2v) is 10.2. The van der Waals surface area contributed by atoms with E-state index >= 15 is 4.39 Å². The van der Waals surface area contributed by atoms with Gasteiger partial charge >= 0.3 is 0 Å². The normalized spacial score (nSPS) is 15.3. The van der Waals surface area contributed by atoms with Gasteiger partial charge < -0.3 is 14.0 Å². The molecule has 3 atom stereocenters. The van der Waals surface area contributed by atoms with Crippen LogP contribution in [0.1, 0.15) is 36.7 Å². The Kier molecular flexibility index (Phi) is 7.77. The largest absolute Gasteiger partial charge is 0.374 e. The van der Waals surface area contributed by atoms with E-state index in [4.69, 9.17) is 9.47 Å². The van der Waals surface area contributed by atoms with Gasteiger partial charge in [-0.2, -0.15) is 0 Å². The highest BCUT2D eigenvalue weighted by Gasteiger charge is 2.36. The number of halogens is 2. The van der Waals surface area contributed by atoms with E-state index in [1.165, 1.54) is 32.4 Å². The first-order valence-corrected chi connectivity index (χ1v) is 12.1. The molecule has 0 heterocycles. The molecule has 6 heteroatoms. The molecule has 0 aliphatic heterocycles. The summed E-state index contributed by atoms with van der Waals surface area (Å²) in [6.45, 7) is 1.93. The first kappa shape index (κ1) is 23.3. The van der Waals surface area contributed by atoms with Crippen LogP contribution in [0.25, 0.3) is 0 Å². The van der Waals surface area contributed by atoms with Crippen LogP contribution in [0, 0.1) is 11.6 Å². The summed E-state index contributed by atoms with van der Waals surface area (Å²) in [6.07, 6.45) is -0.563. The number of benzene rings is 3. The number of methoxy groups -OCH3 is 2. The van der Waals surface area contributed by atoms with Crippen molar-refractivity contribution in [3.63, 3.8) is 0 Å². The Balaban J connectivity index is 2.22. The topological polar surface area (TPSA) is 35.5 Å². The molecule has 164 valence electrons. The monoisotopic (exact) mass is 444 g/mol. The molecule has 0 unspecified atom stereocenters. The van der Waals surface area contributed by atoms with Crippen molar-refractivity contribution in [2.45, 2.75) is 25.6 Å². The van der Waals surface area contributed by atoms with Crippen LogP contribution in [0.4, 0.5) is 8.78 Å². The highest BCUT2D eigenvalue weighted by atomic mass is 31.2. The van der Waals surface area contributed by atoms with Gasteiger partial charge in [-0.1, -0.05) is 61.5 Å². The summed E-state index contributed by atoms with van der Waals surface area (Å²) >= 11 is 0. The van der Waals surface area contributed by atoms with E-state index in [1.54, 1.807) is 48.5 Å². The van der Waals surface area contributed by atoms with Crippen LogP contribution >= 0.6 is 7.14 Å². The summed E-state index contributed by atoms with van der Waals surface area (Å²) in [4.78, 5) is 0. The van der Waals surface area contributed by atoms with Crippen molar-refractivity contribution in [2.24, 2.45) is 0 Å². The van der Waals surface area contributed by atoms with Crippen LogP contribution in [-0.4, -0.2) is 20.4 Å². The van der Waals surface area contributed by atoms with Crippen molar-refractivity contribution >= 4 is 17.8 Å². The van der Waals surface area contributed by atoms with Crippen LogP contribution in [0.5, 0.6) is 0 Å². The molecule has 3 aromatic rings. The summed E-state index contributed by atoms with van der Waals surface area (Å²) in [6, 6.07) is 19.6. The maximum Gasteiger partial charge on any atom is 0.146 e. The minimum Gasteiger partial charge on any atom is -0.374 e. The zero-order chi connectivity index (χ0) is 22.4. The highest BCUT2D eigenvalue weighted by Crippen LogP contribution is 2.48. The van der Waals surface area contributed by atoms with Crippen molar-refractivity contribution < 1.29 is 22.8 Å². The Hall–Kier alpha value is -2.33. The van der Waals surface area contributed by atoms with Crippen molar-refractivity contribution in [2.75, 3.05) is 20.4 Å². The Morgan fingerprint density at radius 1 is 0.871 bits per heavy atom. The van der Waals surface area contributed by atoms with Crippen molar-refractivity contribution in [1.29, 1.82) is 0 Å². The SMILES string of the molecule is CCC[P@](=O)(c1ccccc1)c1c(F)cccc1[C@@H](OC)[C@H](OC)c1cccc(F)c1. The summed E-state index contributed by atoms with van der Waals surface area (Å²) in [7, 11) is -0.329. The van der Waals surface area contributed by atoms with Gasteiger partial charge in [-0.25, -0.2) is 8.78 Å². The molecule has 0 saturated heterocycles. The number of hydrogen-bond donors (Lipinski definition) is 0. The second-order valence-electron chi connectivity index (χ2n) is 7.34. The number of hydrogen-bond acceptors (Lipinski definition) is 3. The molecule has 0 radical (unpaired) electrons. The van der Waals surface area contributed by atoms with Crippen molar-refractivity contribution in [1.82, 2.24) is 0 Å². The molecule has 0 amide bonds. The van der Waals surface area contributed by atoms with Crippen molar-refractivity contribution in [3.05, 3.63) is 95.6 Å². The van der Waals surface area contributed by atoms with Gasteiger partial charge in [0.15, 0.2) is 0 Å². The molecule has 0 saturated carbocycles. The molecule has 3 nitrogen and oxygen atoms in total. The molecule has 0 bridgehead atoms. The van der Waals surface area contributed by atoms with Gasteiger partial charge in [-0.3, -0.25) is 0 Å². The lowest BCUT2D eigenvalue weighted by Gasteiger charge is -2.30. The van der Waals surface area contributed by atoms with Crippen molar-refractivity contribution in [3.8, 4) is 0 Å². The van der Waals surface area contributed by atoms with E-state index in [9.17, 15) is 8.96 Å². The lowest BCUT2D eigenvalue weighted by atomic mass is 9.97. The van der Waals surface area contributed by atoms with E-state index in [0.717, 1.165) is 0 Å². The number of ether oxygens (including phenoxy) is 2. The van der Waals surface area contributed by atoms with E-state index < -0.39 is 31.0 Å². The van der Waals surface area contributed by atoms with E-state index in [1.807, 2.05) is 13.0 Å². The van der Waals surface area contributed by atoms with Gasteiger partial charge in [-0.15, -0.1) is 0 Å². The fourth-order valence-electron chi connectivity index (χ4n) is 4.03. The molecule has 0 aromatic heterocycles. The fraction of sp³-hybridized carbons (Fsp3) is 0.280. The molecule has 0 aliphatic rings. The van der Waals surface area contributed by atoms with E-state index in [2.05, 4.69) is 0 Å². The summed E-state index contributed by atoms with van der Waals surface area (Å²) < 4.78 is 55.0. The lowest BCUT2D eigenvalue weighted by molar-refractivity contribution is -0.0394. The third-order valence-corrected chi connectivity index (χ3v) is 8.76. The van der Waals surface area contributed by atoms with Gasteiger partial charge in [0.2, 0.25) is 0 Å². The minimum atomic E-state index is -3.30. The third-order valence-electron chi connectivity index (χ3n) is 5.36. The predicted molar refractivity (Wildman–Crippen MR) is 121 cm³/mol. The Morgan fingerprint density at radius 2 is 1.55 bits per heavy atom. The average Bonchev–Trinajstić information content (AvgIpc) is 2.78. The van der Waals surface area contributed by atoms with Gasteiger partial charge in [0.05, 0.1) is 5.30 Å². The molecule has 31 heavy (non-hydrogen) atoms. The van der Waals surface area contributed by atoms with Crippen LogP contribution in [0.3, 0.4) is 0 Å². The maximum atomic E-state index is 15.4.